The summed E-state index contributed by atoms with van der Waals surface area (Å²) in [5.41, 5.74) is 3.81. The number of methoxy groups -OCH3 is 1. The van der Waals surface area contributed by atoms with Gasteiger partial charge in [-0.3, -0.25) is 9.63 Å². The van der Waals surface area contributed by atoms with E-state index in [1.54, 1.807) is 24.3 Å². The molecule has 22 heavy (non-hydrogen) atoms. The fourth-order valence-corrected chi connectivity index (χ4v) is 1.98. The van der Waals surface area contributed by atoms with Crippen molar-refractivity contribution in [2.75, 3.05) is 7.11 Å². The van der Waals surface area contributed by atoms with Gasteiger partial charge in [0.1, 0.15) is 6.10 Å². The van der Waals surface area contributed by atoms with E-state index in [-0.39, 0.29) is 5.91 Å². The Balaban J connectivity index is 1.97. The number of hydrogen-bond acceptors (Lipinski definition) is 4. The van der Waals surface area contributed by atoms with Gasteiger partial charge in [0.2, 0.25) is 0 Å². The molecule has 0 aliphatic carbocycles. The van der Waals surface area contributed by atoms with Crippen LogP contribution in [0.15, 0.2) is 60.7 Å². The van der Waals surface area contributed by atoms with Gasteiger partial charge < -0.3 is 9.84 Å². The fourth-order valence-electron chi connectivity index (χ4n) is 1.98. The zero-order valence-corrected chi connectivity index (χ0v) is 12.3. The monoisotopic (exact) mass is 301 g/mol. The van der Waals surface area contributed by atoms with Crippen LogP contribution in [0.3, 0.4) is 0 Å². The van der Waals surface area contributed by atoms with Crippen LogP contribution in [0, 0.1) is 0 Å². The third kappa shape index (κ3) is 4.66. The molecule has 2 N–H and O–H groups in total. The number of benzene rings is 2. The number of amides is 1. The normalized spacial score (nSPS) is 13.4. The van der Waals surface area contributed by atoms with Crippen molar-refractivity contribution in [2.24, 2.45) is 0 Å². The van der Waals surface area contributed by atoms with Gasteiger partial charge in [0.05, 0.1) is 0 Å². The summed E-state index contributed by atoms with van der Waals surface area (Å²) in [6.07, 6.45) is -1.44. The first-order chi connectivity index (χ1) is 10.7. The number of ether oxygens (including phenoxy) is 1. The first-order valence-electron chi connectivity index (χ1n) is 6.96. The summed E-state index contributed by atoms with van der Waals surface area (Å²) in [6.45, 7) is 0. The summed E-state index contributed by atoms with van der Waals surface area (Å²) in [7, 11) is 1.38. The lowest BCUT2D eigenvalue weighted by Gasteiger charge is -2.22. The number of aliphatic hydroxyl groups excluding tert-OH is 1. The SMILES string of the molecule is COC(O)[C@H](Cc1ccccc1)ONC(=O)c1ccccc1. The summed E-state index contributed by atoms with van der Waals surface area (Å²) < 4.78 is 4.90. The quantitative estimate of drug-likeness (QED) is 0.605. The zero-order valence-electron chi connectivity index (χ0n) is 12.3. The van der Waals surface area contributed by atoms with Crippen molar-refractivity contribution in [3.63, 3.8) is 0 Å². The Hall–Kier alpha value is -2.21. The van der Waals surface area contributed by atoms with Crippen molar-refractivity contribution in [2.45, 2.75) is 18.8 Å². The average Bonchev–Trinajstić information content (AvgIpc) is 2.59. The molecule has 0 radical (unpaired) electrons. The maximum atomic E-state index is 12.0. The smallest absolute Gasteiger partial charge is 0.274 e. The lowest BCUT2D eigenvalue weighted by Crippen LogP contribution is -2.39. The van der Waals surface area contributed by atoms with Gasteiger partial charge in [-0.05, 0) is 17.7 Å². The van der Waals surface area contributed by atoms with E-state index in [0.717, 1.165) is 5.56 Å². The second-order valence-electron chi connectivity index (χ2n) is 4.77. The predicted octanol–water partition coefficient (Wildman–Crippen LogP) is 1.92. The highest BCUT2D eigenvalue weighted by atomic mass is 16.7. The number of hydrogen-bond donors (Lipinski definition) is 2. The Kier molecular flexibility index (Phi) is 6.09. The first-order valence-corrected chi connectivity index (χ1v) is 6.96. The minimum atomic E-state index is -1.14. The molecular weight excluding hydrogens is 282 g/mol. The molecule has 0 aliphatic rings. The largest absolute Gasteiger partial charge is 0.366 e. The summed E-state index contributed by atoms with van der Waals surface area (Å²) in [5, 5.41) is 9.86. The molecule has 0 spiro atoms. The van der Waals surface area contributed by atoms with E-state index < -0.39 is 12.4 Å². The molecule has 0 aromatic heterocycles. The molecule has 2 aromatic rings. The van der Waals surface area contributed by atoms with Crippen LogP contribution < -0.4 is 5.48 Å². The van der Waals surface area contributed by atoms with Crippen molar-refractivity contribution in [3.8, 4) is 0 Å². The standard InChI is InChI=1S/C17H19NO4/c1-21-17(20)15(12-13-8-4-2-5-9-13)22-18-16(19)14-10-6-3-7-11-14/h2-11,15,17,20H,12H2,1H3,(H,18,19)/t15-,17?/m0/s1. The Morgan fingerprint density at radius 2 is 1.68 bits per heavy atom. The van der Waals surface area contributed by atoms with Crippen molar-refractivity contribution in [1.29, 1.82) is 0 Å². The minimum Gasteiger partial charge on any atom is -0.366 e. The molecule has 1 unspecified atom stereocenters. The Morgan fingerprint density at radius 3 is 2.27 bits per heavy atom. The number of aliphatic hydroxyl groups is 1. The molecule has 0 saturated carbocycles. The minimum absolute atomic E-state index is 0.373. The molecule has 0 bridgehead atoms. The van der Waals surface area contributed by atoms with Crippen LogP contribution in [-0.4, -0.2) is 30.5 Å². The Morgan fingerprint density at radius 1 is 1.09 bits per heavy atom. The van der Waals surface area contributed by atoms with Gasteiger partial charge in [-0.15, -0.1) is 0 Å². The molecular formula is C17H19NO4. The lowest BCUT2D eigenvalue weighted by molar-refractivity contribution is -0.178. The Bertz CT molecular complexity index is 574. The third-order valence-corrected chi connectivity index (χ3v) is 3.18. The summed E-state index contributed by atoms with van der Waals surface area (Å²) in [5.74, 6) is -0.373. The van der Waals surface area contributed by atoms with Crippen LogP contribution in [0.4, 0.5) is 0 Å². The lowest BCUT2D eigenvalue weighted by atomic mass is 10.1. The molecule has 116 valence electrons. The van der Waals surface area contributed by atoms with E-state index in [1.807, 2.05) is 36.4 Å². The molecule has 5 heteroatoms. The fraction of sp³-hybridized carbons (Fsp3) is 0.235. The third-order valence-electron chi connectivity index (χ3n) is 3.18. The molecule has 0 aliphatic heterocycles. The molecule has 5 nitrogen and oxygen atoms in total. The van der Waals surface area contributed by atoms with E-state index in [2.05, 4.69) is 5.48 Å². The topological polar surface area (TPSA) is 67.8 Å². The van der Waals surface area contributed by atoms with Gasteiger partial charge in [0.25, 0.3) is 5.91 Å². The van der Waals surface area contributed by atoms with Gasteiger partial charge >= 0.3 is 0 Å². The maximum absolute atomic E-state index is 12.0. The van der Waals surface area contributed by atoms with Gasteiger partial charge in [-0.2, -0.15) is 0 Å². The summed E-state index contributed by atoms with van der Waals surface area (Å²) >= 11 is 0. The van der Waals surface area contributed by atoms with E-state index in [4.69, 9.17) is 9.57 Å². The van der Waals surface area contributed by atoms with Crippen molar-refractivity contribution < 1.29 is 19.5 Å². The van der Waals surface area contributed by atoms with Gasteiger partial charge in [-0.1, -0.05) is 48.5 Å². The summed E-state index contributed by atoms with van der Waals surface area (Å²) in [6, 6.07) is 18.2. The molecule has 0 heterocycles. The first kappa shape index (κ1) is 16.2. The molecule has 2 rings (SSSR count). The second-order valence-corrected chi connectivity index (χ2v) is 4.77. The highest BCUT2D eigenvalue weighted by molar-refractivity contribution is 5.93. The maximum Gasteiger partial charge on any atom is 0.274 e. The second kappa shape index (κ2) is 8.29. The van der Waals surface area contributed by atoms with E-state index in [0.29, 0.717) is 12.0 Å². The number of rotatable bonds is 7. The number of carbonyl (C=O) groups excluding carboxylic acids is 1. The van der Waals surface area contributed by atoms with Gasteiger partial charge in [0, 0.05) is 19.1 Å². The van der Waals surface area contributed by atoms with Crippen molar-refractivity contribution in [1.82, 2.24) is 5.48 Å². The van der Waals surface area contributed by atoms with E-state index in [9.17, 15) is 9.90 Å². The zero-order chi connectivity index (χ0) is 15.8. The highest BCUT2D eigenvalue weighted by Crippen LogP contribution is 2.10. The van der Waals surface area contributed by atoms with Crippen LogP contribution in [0.25, 0.3) is 0 Å². The van der Waals surface area contributed by atoms with Gasteiger partial charge in [-0.25, -0.2) is 5.48 Å². The number of carbonyl (C=O) groups is 1. The highest BCUT2D eigenvalue weighted by Gasteiger charge is 2.22. The molecule has 2 aromatic carbocycles. The van der Waals surface area contributed by atoms with Crippen LogP contribution in [0.5, 0.6) is 0 Å². The van der Waals surface area contributed by atoms with Gasteiger partial charge in [0.15, 0.2) is 6.29 Å². The predicted molar refractivity (Wildman–Crippen MR) is 81.9 cm³/mol. The van der Waals surface area contributed by atoms with E-state index >= 15 is 0 Å². The Labute approximate surface area is 129 Å². The van der Waals surface area contributed by atoms with Crippen LogP contribution in [0.1, 0.15) is 15.9 Å². The van der Waals surface area contributed by atoms with Crippen molar-refractivity contribution >= 4 is 5.91 Å². The molecule has 2 atom stereocenters. The van der Waals surface area contributed by atoms with Crippen LogP contribution in [0.2, 0.25) is 0 Å². The summed E-state index contributed by atoms with van der Waals surface area (Å²) in [4.78, 5) is 17.3. The van der Waals surface area contributed by atoms with E-state index in [1.165, 1.54) is 7.11 Å². The average molecular weight is 301 g/mol. The molecule has 0 fully saturated rings. The molecule has 0 saturated heterocycles. The number of nitrogens with one attached hydrogen (secondary N) is 1. The van der Waals surface area contributed by atoms with Crippen molar-refractivity contribution in [3.05, 3.63) is 71.8 Å². The number of hydroxylamine groups is 1. The van der Waals surface area contributed by atoms with Crippen LogP contribution in [-0.2, 0) is 16.0 Å². The van der Waals surface area contributed by atoms with Crippen LogP contribution >= 0.6 is 0 Å². The molecule has 1 amide bonds.